The molecule has 2 amide bonds. The number of hydrogen-bond acceptors (Lipinski definition) is 1. The Kier molecular flexibility index (Phi) is 3.82. The second-order valence-corrected chi connectivity index (χ2v) is 4.31. The lowest BCUT2D eigenvalue weighted by Gasteiger charge is -2.16. The Hall–Kier alpha value is -2.03. The van der Waals surface area contributed by atoms with E-state index in [0.29, 0.717) is 13.1 Å². The van der Waals surface area contributed by atoms with E-state index in [4.69, 9.17) is 0 Å². The van der Waals surface area contributed by atoms with Crippen LogP contribution in [0.3, 0.4) is 0 Å². The lowest BCUT2D eigenvalue weighted by atomic mass is 10.0. The number of hydrogen-bond donors (Lipinski definition) is 1. The maximum Gasteiger partial charge on any atom is 0.317 e. The van der Waals surface area contributed by atoms with Crippen LogP contribution in [0, 0.1) is 0 Å². The summed E-state index contributed by atoms with van der Waals surface area (Å²) in [6.07, 6.45) is 0. The van der Waals surface area contributed by atoms with Crippen LogP contribution in [-0.4, -0.2) is 24.5 Å². The molecule has 0 saturated heterocycles. The van der Waals surface area contributed by atoms with Gasteiger partial charge in [-0.2, -0.15) is 0 Å². The number of nitrogens with zero attached hydrogens (tertiary/aromatic N) is 1. The molecule has 18 heavy (non-hydrogen) atoms. The average molecular weight is 242 g/mol. The van der Waals surface area contributed by atoms with Crippen molar-refractivity contribution in [3.05, 3.63) is 48.0 Å². The maximum absolute atomic E-state index is 11.7. The summed E-state index contributed by atoms with van der Waals surface area (Å²) >= 11 is 0. The van der Waals surface area contributed by atoms with Crippen LogP contribution in [0.1, 0.15) is 12.5 Å². The van der Waals surface area contributed by atoms with E-state index in [0.717, 1.165) is 5.56 Å². The van der Waals surface area contributed by atoms with E-state index in [2.05, 4.69) is 29.6 Å². The molecule has 0 unspecified atom stereocenters. The van der Waals surface area contributed by atoms with Gasteiger partial charge in [-0.1, -0.05) is 42.5 Å². The van der Waals surface area contributed by atoms with Crippen molar-refractivity contribution in [2.45, 2.75) is 13.5 Å². The highest BCUT2D eigenvalue weighted by molar-refractivity contribution is 5.86. The van der Waals surface area contributed by atoms with Gasteiger partial charge in [-0.15, -0.1) is 0 Å². The highest BCUT2D eigenvalue weighted by Crippen LogP contribution is 2.18. The Balaban J connectivity index is 2.15. The topological polar surface area (TPSA) is 32.3 Å². The summed E-state index contributed by atoms with van der Waals surface area (Å²) in [5.74, 6) is 0. The molecule has 0 aliphatic carbocycles. The van der Waals surface area contributed by atoms with Crippen molar-refractivity contribution in [1.82, 2.24) is 10.2 Å². The van der Waals surface area contributed by atoms with Gasteiger partial charge in [0.2, 0.25) is 0 Å². The van der Waals surface area contributed by atoms with Crippen LogP contribution in [0.2, 0.25) is 0 Å². The third kappa shape index (κ3) is 2.62. The molecular weight excluding hydrogens is 224 g/mol. The third-order valence-electron chi connectivity index (χ3n) is 3.13. The molecule has 94 valence electrons. The average Bonchev–Trinajstić information content (AvgIpc) is 2.43. The number of fused-ring (bicyclic) bond motifs is 1. The third-order valence-corrected chi connectivity index (χ3v) is 3.13. The smallest absolute Gasteiger partial charge is 0.317 e. The molecule has 3 heteroatoms. The highest BCUT2D eigenvalue weighted by Gasteiger charge is 2.06. The molecule has 2 aromatic rings. The van der Waals surface area contributed by atoms with Crippen molar-refractivity contribution in [2.75, 3.05) is 13.6 Å². The molecule has 1 N–H and O–H groups in total. The van der Waals surface area contributed by atoms with Gasteiger partial charge in [-0.25, -0.2) is 4.79 Å². The van der Waals surface area contributed by atoms with Gasteiger partial charge in [0, 0.05) is 20.1 Å². The lowest BCUT2D eigenvalue weighted by molar-refractivity contribution is 0.210. The quantitative estimate of drug-likeness (QED) is 0.881. The van der Waals surface area contributed by atoms with Crippen molar-refractivity contribution < 1.29 is 4.79 Å². The van der Waals surface area contributed by atoms with Gasteiger partial charge in [0.25, 0.3) is 0 Å². The van der Waals surface area contributed by atoms with Crippen LogP contribution in [-0.2, 0) is 6.54 Å². The Labute approximate surface area is 107 Å². The summed E-state index contributed by atoms with van der Waals surface area (Å²) < 4.78 is 0. The number of amides is 2. The second-order valence-electron chi connectivity index (χ2n) is 4.31. The molecule has 0 radical (unpaired) electrons. The van der Waals surface area contributed by atoms with E-state index in [-0.39, 0.29) is 6.03 Å². The molecule has 0 aliphatic rings. The van der Waals surface area contributed by atoms with Gasteiger partial charge >= 0.3 is 6.03 Å². The van der Waals surface area contributed by atoms with Crippen LogP contribution < -0.4 is 5.32 Å². The van der Waals surface area contributed by atoms with E-state index in [1.165, 1.54) is 10.8 Å². The first-order valence-corrected chi connectivity index (χ1v) is 6.18. The lowest BCUT2D eigenvalue weighted by Crippen LogP contribution is -2.36. The van der Waals surface area contributed by atoms with E-state index >= 15 is 0 Å². The SMILES string of the molecule is CCN(C)C(=O)NCc1cccc2ccccc12. The Morgan fingerprint density at radius 1 is 1.17 bits per heavy atom. The number of carbonyl (C=O) groups excluding carboxylic acids is 1. The van der Waals surface area contributed by atoms with Crippen LogP contribution in [0.5, 0.6) is 0 Å². The molecule has 3 nitrogen and oxygen atoms in total. The van der Waals surface area contributed by atoms with Crippen molar-refractivity contribution in [3.63, 3.8) is 0 Å². The number of benzene rings is 2. The minimum atomic E-state index is -0.0366. The van der Waals surface area contributed by atoms with Crippen molar-refractivity contribution in [1.29, 1.82) is 0 Å². The van der Waals surface area contributed by atoms with Gasteiger partial charge in [0.1, 0.15) is 0 Å². The summed E-state index contributed by atoms with van der Waals surface area (Å²) in [4.78, 5) is 13.4. The molecule has 2 rings (SSSR count). The summed E-state index contributed by atoms with van der Waals surface area (Å²) in [6.45, 7) is 3.23. The monoisotopic (exact) mass is 242 g/mol. The first kappa shape index (κ1) is 12.4. The first-order valence-electron chi connectivity index (χ1n) is 6.18. The first-order chi connectivity index (χ1) is 8.72. The summed E-state index contributed by atoms with van der Waals surface area (Å²) in [5.41, 5.74) is 1.14. The largest absolute Gasteiger partial charge is 0.334 e. The van der Waals surface area contributed by atoms with Crippen LogP contribution in [0.25, 0.3) is 10.8 Å². The highest BCUT2D eigenvalue weighted by atomic mass is 16.2. The van der Waals surface area contributed by atoms with E-state index in [9.17, 15) is 4.79 Å². The Morgan fingerprint density at radius 2 is 1.89 bits per heavy atom. The standard InChI is InChI=1S/C15H18N2O/c1-3-17(2)15(18)16-11-13-9-6-8-12-7-4-5-10-14(12)13/h4-10H,3,11H2,1-2H3,(H,16,18). The fourth-order valence-electron chi connectivity index (χ4n) is 1.90. The summed E-state index contributed by atoms with van der Waals surface area (Å²) in [7, 11) is 1.79. The molecule has 0 aromatic heterocycles. The zero-order valence-electron chi connectivity index (χ0n) is 10.8. The second kappa shape index (κ2) is 5.54. The maximum atomic E-state index is 11.7. The molecule has 0 bridgehead atoms. The van der Waals surface area contributed by atoms with Gasteiger partial charge in [-0.05, 0) is 23.3 Å². The molecule has 0 aliphatic heterocycles. The summed E-state index contributed by atoms with van der Waals surface area (Å²) in [5, 5.41) is 5.32. The van der Waals surface area contributed by atoms with Gasteiger partial charge in [-0.3, -0.25) is 0 Å². The van der Waals surface area contributed by atoms with Crippen LogP contribution in [0.4, 0.5) is 4.79 Å². The fourth-order valence-corrected chi connectivity index (χ4v) is 1.90. The number of rotatable bonds is 3. The fraction of sp³-hybridized carbons (Fsp3) is 0.267. The molecule has 0 fully saturated rings. The van der Waals surface area contributed by atoms with E-state index in [1.54, 1.807) is 11.9 Å². The molecule has 0 saturated carbocycles. The molecule has 0 spiro atoms. The molecule has 0 heterocycles. The minimum Gasteiger partial charge on any atom is -0.334 e. The van der Waals surface area contributed by atoms with E-state index < -0.39 is 0 Å². The van der Waals surface area contributed by atoms with Crippen molar-refractivity contribution in [2.24, 2.45) is 0 Å². The zero-order valence-corrected chi connectivity index (χ0v) is 10.8. The van der Waals surface area contributed by atoms with Crippen LogP contribution in [0.15, 0.2) is 42.5 Å². The van der Waals surface area contributed by atoms with Crippen molar-refractivity contribution >= 4 is 16.8 Å². The van der Waals surface area contributed by atoms with E-state index in [1.807, 2.05) is 25.1 Å². The van der Waals surface area contributed by atoms with Crippen LogP contribution >= 0.6 is 0 Å². The van der Waals surface area contributed by atoms with Gasteiger partial charge in [0.05, 0.1) is 0 Å². The zero-order chi connectivity index (χ0) is 13.0. The Bertz CT molecular complexity index is 546. The Morgan fingerprint density at radius 3 is 2.67 bits per heavy atom. The number of nitrogens with one attached hydrogen (secondary N) is 1. The predicted octanol–water partition coefficient (Wildman–Crippen LogP) is 3.00. The summed E-state index contributed by atoms with van der Waals surface area (Å²) in [6, 6.07) is 14.3. The normalized spacial score (nSPS) is 10.3. The molecular formula is C15H18N2O. The number of carbonyl (C=O) groups is 1. The molecule has 2 aromatic carbocycles. The number of urea groups is 1. The van der Waals surface area contributed by atoms with Crippen molar-refractivity contribution in [3.8, 4) is 0 Å². The minimum absolute atomic E-state index is 0.0366. The molecule has 0 atom stereocenters. The van der Waals surface area contributed by atoms with Gasteiger partial charge in [0.15, 0.2) is 0 Å². The van der Waals surface area contributed by atoms with Gasteiger partial charge < -0.3 is 10.2 Å². The predicted molar refractivity (Wildman–Crippen MR) is 74.5 cm³/mol.